The van der Waals surface area contributed by atoms with Gasteiger partial charge >= 0.3 is 0 Å². The fraction of sp³-hybridized carbons (Fsp3) is 0.733. The first-order valence-electron chi connectivity index (χ1n) is 7.22. The molecule has 0 aromatic rings. The lowest BCUT2D eigenvalue weighted by molar-refractivity contribution is -0.133. The number of hydrogen-bond donors (Lipinski definition) is 2. The van der Waals surface area contributed by atoms with Crippen molar-refractivity contribution in [3.05, 3.63) is 11.6 Å². The fourth-order valence-electron chi connectivity index (χ4n) is 2.81. The fourth-order valence-corrected chi connectivity index (χ4v) is 2.81. The molecule has 2 N–H and O–H groups in total. The minimum atomic E-state index is -0.894. The summed E-state index contributed by atoms with van der Waals surface area (Å²) >= 11 is 0. The van der Waals surface area contributed by atoms with Gasteiger partial charge < -0.3 is 15.1 Å². The molecule has 1 unspecified atom stereocenters. The van der Waals surface area contributed by atoms with Crippen LogP contribution in [0.25, 0.3) is 0 Å². The monoisotopic (exact) mass is 280 g/mol. The Kier molecular flexibility index (Phi) is 4.30. The minimum Gasteiger partial charge on any atom is -0.394 e. The maximum atomic E-state index is 12.4. The Balaban J connectivity index is 2.21. The molecule has 5 nitrogen and oxygen atoms in total. The molecular formula is C15H24N2O3. The molecule has 2 aliphatic rings. The predicted molar refractivity (Wildman–Crippen MR) is 77.7 cm³/mol. The third-order valence-corrected chi connectivity index (χ3v) is 4.36. The van der Waals surface area contributed by atoms with Crippen LogP contribution < -0.4 is 0 Å². The second-order valence-corrected chi connectivity index (χ2v) is 6.29. The Morgan fingerprint density at radius 1 is 1.45 bits per heavy atom. The maximum absolute atomic E-state index is 12.4. The zero-order valence-corrected chi connectivity index (χ0v) is 12.5. The van der Waals surface area contributed by atoms with E-state index in [0.29, 0.717) is 18.1 Å². The van der Waals surface area contributed by atoms with E-state index >= 15 is 0 Å². The van der Waals surface area contributed by atoms with E-state index in [1.165, 1.54) is 4.90 Å². The maximum Gasteiger partial charge on any atom is 0.272 e. The van der Waals surface area contributed by atoms with Crippen LogP contribution in [0.15, 0.2) is 16.6 Å². The lowest BCUT2D eigenvalue weighted by Gasteiger charge is -2.43. The molecular weight excluding hydrogens is 256 g/mol. The van der Waals surface area contributed by atoms with E-state index in [4.69, 9.17) is 0 Å². The van der Waals surface area contributed by atoms with E-state index in [9.17, 15) is 15.0 Å². The molecule has 0 aromatic heterocycles. The van der Waals surface area contributed by atoms with Gasteiger partial charge in [-0.25, -0.2) is 0 Å². The van der Waals surface area contributed by atoms with Crippen molar-refractivity contribution in [2.75, 3.05) is 20.3 Å². The summed E-state index contributed by atoms with van der Waals surface area (Å²) in [6.07, 6.45) is 4.51. The first kappa shape index (κ1) is 15.2. The van der Waals surface area contributed by atoms with Crippen molar-refractivity contribution in [1.29, 1.82) is 0 Å². The minimum absolute atomic E-state index is 0.0629. The zero-order chi connectivity index (χ0) is 14.9. The van der Waals surface area contributed by atoms with Gasteiger partial charge in [0.25, 0.3) is 5.91 Å². The third kappa shape index (κ3) is 2.52. The highest BCUT2D eigenvalue weighted by Crippen LogP contribution is 2.34. The highest BCUT2D eigenvalue weighted by atomic mass is 16.3. The van der Waals surface area contributed by atoms with Crippen molar-refractivity contribution in [2.24, 2.45) is 10.9 Å². The molecule has 2 aliphatic heterocycles. The summed E-state index contributed by atoms with van der Waals surface area (Å²) in [6, 6.07) is 0.0629. The van der Waals surface area contributed by atoms with E-state index in [1.807, 2.05) is 6.08 Å². The van der Waals surface area contributed by atoms with Gasteiger partial charge in [0, 0.05) is 13.5 Å². The number of likely N-dealkylation sites (tertiary alicyclic amines) is 1. The molecule has 0 aliphatic carbocycles. The van der Waals surface area contributed by atoms with E-state index < -0.39 is 5.54 Å². The molecule has 0 saturated carbocycles. The molecule has 1 amide bonds. The number of hydrogen-bond acceptors (Lipinski definition) is 4. The number of carbonyl (C=O) groups excluding carboxylic acids is 1. The van der Waals surface area contributed by atoms with Gasteiger partial charge in [-0.1, -0.05) is 19.9 Å². The number of nitrogens with zero attached hydrogens (tertiary/aromatic N) is 2. The van der Waals surface area contributed by atoms with Crippen molar-refractivity contribution in [2.45, 2.75) is 44.7 Å². The Bertz CT molecular complexity index is 450. The first-order chi connectivity index (χ1) is 9.43. The van der Waals surface area contributed by atoms with Gasteiger partial charge in [-0.2, -0.15) is 0 Å². The van der Waals surface area contributed by atoms with Crippen molar-refractivity contribution in [3.63, 3.8) is 0 Å². The number of likely N-dealkylation sites (N-methyl/N-ethyl adjacent to an activating group) is 1. The lowest BCUT2D eigenvalue weighted by Crippen LogP contribution is -2.60. The molecule has 1 fully saturated rings. The van der Waals surface area contributed by atoms with Crippen LogP contribution in [-0.2, 0) is 4.79 Å². The number of aliphatic hydroxyl groups is 2. The summed E-state index contributed by atoms with van der Waals surface area (Å²) in [4.78, 5) is 18.3. The number of carbonyl (C=O) groups is 1. The average molecular weight is 280 g/mol. The molecule has 1 atom stereocenters. The standard InChI is InChI=1S/C15H24N2O3/c1-10(2)4-5-12-6-11-7-15(8-18,9-19)17(3)14(20)13(11)16-12/h6,10,12,18-19H,4-5,7-9H2,1-3H3. The van der Waals surface area contributed by atoms with Crippen molar-refractivity contribution in [1.82, 2.24) is 4.90 Å². The van der Waals surface area contributed by atoms with Crippen molar-refractivity contribution >= 4 is 11.6 Å². The molecule has 0 aromatic carbocycles. The van der Waals surface area contributed by atoms with Crippen LogP contribution in [0.4, 0.5) is 0 Å². The third-order valence-electron chi connectivity index (χ3n) is 4.36. The summed E-state index contributed by atoms with van der Waals surface area (Å²) in [5.74, 6) is 0.418. The van der Waals surface area contributed by atoms with Crippen LogP contribution in [0, 0.1) is 5.92 Å². The topological polar surface area (TPSA) is 73.1 Å². The van der Waals surface area contributed by atoms with Crippen LogP contribution in [0.3, 0.4) is 0 Å². The van der Waals surface area contributed by atoms with E-state index in [0.717, 1.165) is 18.4 Å². The number of piperidine rings is 1. The van der Waals surface area contributed by atoms with Crippen LogP contribution in [0.2, 0.25) is 0 Å². The molecule has 112 valence electrons. The first-order valence-corrected chi connectivity index (χ1v) is 7.22. The summed E-state index contributed by atoms with van der Waals surface area (Å²) in [6.45, 7) is 3.85. The van der Waals surface area contributed by atoms with Gasteiger partial charge in [-0.05, 0) is 24.3 Å². The number of aliphatic imine (C=N–C) groups is 1. The summed E-state index contributed by atoms with van der Waals surface area (Å²) in [7, 11) is 1.62. The number of aliphatic hydroxyl groups excluding tert-OH is 2. The van der Waals surface area contributed by atoms with Crippen LogP contribution >= 0.6 is 0 Å². The largest absolute Gasteiger partial charge is 0.394 e. The molecule has 0 radical (unpaired) electrons. The van der Waals surface area contributed by atoms with Crippen LogP contribution in [0.1, 0.15) is 33.1 Å². The smallest absolute Gasteiger partial charge is 0.272 e. The molecule has 0 spiro atoms. The summed E-state index contributed by atoms with van der Waals surface area (Å²) in [5, 5.41) is 19.1. The SMILES string of the molecule is CC(C)CCC1C=C2CC(CO)(CO)N(C)C(=O)C2=N1. The molecule has 1 saturated heterocycles. The number of amides is 1. The van der Waals surface area contributed by atoms with Gasteiger partial charge in [0.15, 0.2) is 0 Å². The van der Waals surface area contributed by atoms with Crippen LogP contribution in [0.5, 0.6) is 0 Å². The quantitative estimate of drug-likeness (QED) is 0.781. The number of rotatable bonds is 5. The molecule has 5 heteroatoms. The normalized spacial score (nSPS) is 24.8. The van der Waals surface area contributed by atoms with Gasteiger partial charge in [0.05, 0.1) is 24.8 Å². The Hall–Kier alpha value is -1.20. The lowest BCUT2D eigenvalue weighted by atomic mass is 9.84. The van der Waals surface area contributed by atoms with Gasteiger partial charge in [0.1, 0.15) is 5.71 Å². The van der Waals surface area contributed by atoms with Crippen molar-refractivity contribution < 1.29 is 15.0 Å². The highest BCUT2D eigenvalue weighted by Gasteiger charge is 2.46. The number of fused-ring (bicyclic) bond motifs is 1. The van der Waals surface area contributed by atoms with E-state index in [1.54, 1.807) is 7.05 Å². The second-order valence-electron chi connectivity index (χ2n) is 6.29. The predicted octanol–water partition coefficient (Wildman–Crippen LogP) is 0.758. The summed E-state index contributed by atoms with van der Waals surface area (Å²) < 4.78 is 0. The molecule has 2 rings (SSSR count). The van der Waals surface area contributed by atoms with Gasteiger partial charge in [-0.3, -0.25) is 9.79 Å². The second kappa shape index (κ2) is 5.66. The van der Waals surface area contributed by atoms with Crippen molar-refractivity contribution in [3.8, 4) is 0 Å². The molecule has 0 bridgehead atoms. The van der Waals surface area contributed by atoms with E-state index in [2.05, 4.69) is 18.8 Å². The highest BCUT2D eigenvalue weighted by molar-refractivity contribution is 6.46. The Morgan fingerprint density at radius 3 is 2.65 bits per heavy atom. The van der Waals surface area contributed by atoms with Gasteiger partial charge in [-0.15, -0.1) is 0 Å². The summed E-state index contributed by atoms with van der Waals surface area (Å²) in [5.41, 5.74) is 0.498. The van der Waals surface area contributed by atoms with Gasteiger partial charge in [0.2, 0.25) is 0 Å². The Morgan fingerprint density at radius 2 is 2.10 bits per heavy atom. The molecule has 2 heterocycles. The Labute approximate surface area is 120 Å². The van der Waals surface area contributed by atoms with Crippen LogP contribution in [-0.4, -0.2) is 58.6 Å². The van der Waals surface area contributed by atoms with E-state index in [-0.39, 0.29) is 25.2 Å². The zero-order valence-electron chi connectivity index (χ0n) is 12.5. The molecule has 20 heavy (non-hydrogen) atoms. The average Bonchev–Trinajstić information content (AvgIpc) is 2.83.